The van der Waals surface area contributed by atoms with Gasteiger partial charge in [-0.15, -0.1) is 0 Å². The number of nitrogens with one attached hydrogen (secondary N) is 2. The van der Waals surface area contributed by atoms with Gasteiger partial charge in [0.2, 0.25) is 0 Å². The number of carbonyl (C=O) groups is 1. The molecule has 1 aromatic carbocycles. The van der Waals surface area contributed by atoms with E-state index in [1.807, 2.05) is 25.1 Å². The highest BCUT2D eigenvalue weighted by Crippen LogP contribution is 2.21. The number of benzene rings is 1. The van der Waals surface area contributed by atoms with E-state index in [0.29, 0.717) is 0 Å². The van der Waals surface area contributed by atoms with Crippen LogP contribution in [0.2, 0.25) is 0 Å². The third-order valence-corrected chi connectivity index (χ3v) is 4.32. The Labute approximate surface area is 121 Å². The Morgan fingerprint density at radius 2 is 2.00 bits per heavy atom. The summed E-state index contributed by atoms with van der Waals surface area (Å²) in [7, 11) is 0. The quantitative estimate of drug-likeness (QED) is 0.781. The Morgan fingerprint density at radius 3 is 2.63 bits per heavy atom. The number of aliphatic hydroxyl groups excluding tert-OH is 1. The molecule has 1 aliphatic carbocycles. The first-order valence-electron chi connectivity index (χ1n) is 6.56. The van der Waals surface area contributed by atoms with Crippen molar-refractivity contribution in [2.24, 2.45) is 0 Å². The Bertz CT molecular complexity index is 457. The van der Waals surface area contributed by atoms with Crippen LogP contribution < -0.4 is 10.6 Å². The highest BCUT2D eigenvalue weighted by atomic mass is 79.9. The van der Waals surface area contributed by atoms with Crippen LogP contribution in [0.15, 0.2) is 22.7 Å². The highest BCUT2D eigenvalue weighted by molar-refractivity contribution is 9.10. The average Bonchev–Trinajstić information content (AvgIpc) is 2.37. The summed E-state index contributed by atoms with van der Waals surface area (Å²) in [6.45, 7) is 2.00. The van der Waals surface area contributed by atoms with Crippen LogP contribution in [0.3, 0.4) is 0 Å². The van der Waals surface area contributed by atoms with Crippen molar-refractivity contribution in [3.05, 3.63) is 28.2 Å². The molecule has 0 radical (unpaired) electrons. The molecule has 0 atom stereocenters. The van der Waals surface area contributed by atoms with Crippen molar-refractivity contribution in [2.45, 2.75) is 44.8 Å². The van der Waals surface area contributed by atoms with Crippen LogP contribution in [0.25, 0.3) is 0 Å². The van der Waals surface area contributed by atoms with Gasteiger partial charge in [-0.05, 0) is 50.3 Å². The molecule has 19 heavy (non-hydrogen) atoms. The molecule has 104 valence electrons. The lowest BCUT2D eigenvalue weighted by Crippen LogP contribution is -2.40. The molecule has 1 aromatic rings. The number of rotatable bonds is 2. The number of halogens is 1. The van der Waals surface area contributed by atoms with Crippen LogP contribution in [0.1, 0.15) is 31.2 Å². The van der Waals surface area contributed by atoms with Gasteiger partial charge in [-0.1, -0.05) is 22.0 Å². The number of carbonyl (C=O) groups excluding carboxylic acids is 1. The van der Waals surface area contributed by atoms with Crippen LogP contribution in [-0.4, -0.2) is 23.3 Å². The predicted molar refractivity (Wildman–Crippen MR) is 79.3 cm³/mol. The van der Waals surface area contributed by atoms with Crippen molar-refractivity contribution < 1.29 is 9.90 Å². The molecule has 0 unspecified atom stereocenters. The van der Waals surface area contributed by atoms with Gasteiger partial charge in [-0.3, -0.25) is 0 Å². The molecule has 0 aromatic heterocycles. The molecule has 2 rings (SSSR count). The van der Waals surface area contributed by atoms with Crippen molar-refractivity contribution in [2.75, 3.05) is 5.32 Å². The summed E-state index contributed by atoms with van der Waals surface area (Å²) in [6.07, 6.45) is 3.01. The summed E-state index contributed by atoms with van der Waals surface area (Å²) in [6, 6.07) is 5.70. The standard InChI is InChI=1S/C14H19BrN2O2/c1-9-2-3-11(8-13(9)15)17-14(19)16-10-4-6-12(18)7-5-10/h2-3,8,10,12,18H,4-7H2,1H3,(H2,16,17,19). The SMILES string of the molecule is Cc1ccc(NC(=O)NC2CCC(O)CC2)cc1Br. The van der Waals surface area contributed by atoms with Gasteiger partial charge in [0.15, 0.2) is 0 Å². The van der Waals surface area contributed by atoms with Crippen molar-refractivity contribution >= 4 is 27.6 Å². The maximum absolute atomic E-state index is 11.9. The van der Waals surface area contributed by atoms with E-state index in [1.165, 1.54) is 0 Å². The van der Waals surface area contributed by atoms with Gasteiger partial charge < -0.3 is 15.7 Å². The van der Waals surface area contributed by atoms with Crippen LogP contribution in [0, 0.1) is 6.92 Å². The summed E-state index contributed by atoms with van der Waals surface area (Å²) in [5, 5.41) is 15.2. The van der Waals surface area contributed by atoms with Gasteiger partial charge in [0.1, 0.15) is 0 Å². The van der Waals surface area contributed by atoms with E-state index in [-0.39, 0.29) is 18.2 Å². The Morgan fingerprint density at radius 1 is 1.32 bits per heavy atom. The molecule has 2 amide bonds. The summed E-state index contributed by atoms with van der Waals surface area (Å²) in [4.78, 5) is 11.9. The topological polar surface area (TPSA) is 61.4 Å². The van der Waals surface area contributed by atoms with E-state index in [2.05, 4.69) is 26.6 Å². The average molecular weight is 327 g/mol. The first-order valence-corrected chi connectivity index (χ1v) is 7.35. The molecule has 1 aliphatic rings. The van der Waals surface area contributed by atoms with Crippen LogP contribution in [-0.2, 0) is 0 Å². The molecule has 0 bridgehead atoms. The van der Waals surface area contributed by atoms with E-state index in [0.717, 1.165) is 41.4 Å². The van der Waals surface area contributed by atoms with Gasteiger partial charge in [0.25, 0.3) is 0 Å². The zero-order valence-electron chi connectivity index (χ0n) is 10.9. The molecule has 0 heterocycles. The third-order valence-electron chi connectivity index (χ3n) is 3.46. The first-order chi connectivity index (χ1) is 9.04. The zero-order valence-corrected chi connectivity index (χ0v) is 12.5. The molecule has 0 saturated heterocycles. The second kappa shape index (κ2) is 6.39. The number of amides is 2. The van der Waals surface area contributed by atoms with Gasteiger partial charge in [-0.2, -0.15) is 0 Å². The molecule has 4 nitrogen and oxygen atoms in total. The zero-order chi connectivity index (χ0) is 13.8. The van der Waals surface area contributed by atoms with E-state index < -0.39 is 0 Å². The van der Waals surface area contributed by atoms with Crippen molar-refractivity contribution in [1.82, 2.24) is 5.32 Å². The molecule has 0 aliphatic heterocycles. The molecule has 1 saturated carbocycles. The lowest BCUT2D eigenvalue weighted by molar-refractivity contribution is 0.118. The van der Waals surface area contributed by atoms with Crippen LogP contribution in [0.5, 0.6) is 0 Å². The second-order valence-electron chi connectivity index (χ2n) is 5.07. The number of aryl methyl sites for hydroxylation is 1. The number of hydrogen-bond acceptors (Lipinski definition) is 2. The fourth-order valence-electron chi connectivity index (χ4n) is 2.24. The van der Waals surface area contributed by atoms with Crippen LogP contribution in [0.4, 0.5) is 10.5 Å². The van der Waals surface area contributed by atoms with E-state index in [1.54, 1.807) is 0 Å². The highest BCUT2D eigenvalue weighted by Gasteiger charge is 2.20. The number of urea groups is 1. The molecular weight excluding hydrogens is 308 g/mol. The lowest BCUT2D eigenvalue weighted by Gasteiger charge is -2.26. The minimum atomic E-state index is -0.200. The van der Waals surface area contributed by atoms with E-state index >= 15 is 0 Å². The van der Waals surface area contributed by atoms with E-state index in [9.17, 15) is 9.90 Å². The van der Waals surface area contributed by atoms with Gasteiger partial charge in [0, 0.05) is 16.2 Å². The molecule has 0 spiro atoms. The second-order valence-corrected chi connectivity index (χ2v) is 5.92. The predicted octanol–water partition coefficient (Wildman–Crippen LogP) is 3.18. The van der Waals surface area contributed by atoms with Gasteiger partial charge in [0.05, 0.1) is 6.10 Å². The molecule has 1 fully saturated rings. The smallest absolute Gasteiger partial charge is 0.319 e. The van der Waals surface area contributed by atoms with Crippen molar-refractivity contribution in [1.29, 1.82) is 0 Å². The molecule has 5 heteroatoms. The maximum atomic E-state index is 11.9. The fraction of sp³-hybridized carbons (Fsp3) is 0.500. The summed E-state index contributed by atoms with van der Waals surface area (Å²) < 4.78 is 0.978. The number of aliphatic hydroxyl groups is 1. The van der Waals surface area contributed by atoms with Crippen LogP contribution >= 0.6 is 15.9 Å². The normalized spacial score (nSPS) is 22.9. The Balaban J connectivity index is 1.85. The Kier molecular flexibility index (Phi) is 4.82. The summed E-state index contributed by atoms with van der Waals surface area (Å²) in [5.74, 6) is 0. The lowest BCUT2D eigenvalue weighted by atomic mass is 9.93. The molecule has 3 N–H and O–H groups in total. The third kappa shape index (κ3) is 4.21. The molecular formula is C14H19BrN2O2. The maximum Gasteiger partial charge on any atom is 0.319 e. The first kappa shape index (κ1) is 14.3. The summed E-state index contributed by atoms with van der Waals surface area (Å²) in [5.41, 5.74) is 1.90. The largest absolute Gasteiger partial charge is 0.393 e. The Hall–Kier alpha value is -1.07. The minimum absolute atomic E-state index is 0.164. The van der Waals surface area contributed by atoms with Gasteiger partial charge >= 0.3 is 6.03 Å². The fourth-order valence-corrected chi connectivity index (χ4v) is 2.62. The van der Waals surface area contributed by atoms with Crippen molar-refractivity contribution in [3.8, 4) is 0 Å². The number of anilines is 1. The summed E-state index contributed by atoms with van der Waals surface area (Å²) >= 11 is 3.44. The monoisotopic (exact) mass is 326 g/mol. The van der Waals surface area contributed by atoms with Crippen molar-refractivity contribution in [3.63, 3.8) is 0 Å². The number of hydrogen-bond donors (Lipinski definition) is 3. The van der Waals surface area contributed by atoms with E-state index in [4.69, 9.17) is 0 Å². The van der Waals surface area contributed by atoms with Gasteiger partial charge in [-0.25, -0.2) is 4.79 Å². The minimum Gasteiger partial charge on any atom is -0.393 e.